The second-order valence-corrected chi connectivity index (χ2v) is 5.95. The molecule has 5 heteroatoms. The second kappa shape index (κ2) is 6.66. The first kappa shape index (κ1) is 15.9. The van der Waals surface area contributed by atoms with Gasteiger partial charge in [-0.15, -0.1) is 0 Å². The Kier molecular flexibility index (Phi) is 4.42. The van der Waals surface area contributed by atoms with Crippen molar-refractivity contribution in [3.05, 3.63) is 76.3 Å². The largest absolute Gasteiger partial charge is 0.346 e. The standard InChI is InChI=1S/C19H19N3O2/c1-13(2)22(12-14-8-4-3-5-9-14)18(23)17-15-10-6-7-11-16(15)20-19(24)21-17/h3-11,13H,12H2,1-2H3,(H,20,21,24). The first-order valence-corrected chi connectivity index (χ1v) is 7.90. The Balaban J connectivity index is 2.04. The number of hydrogen-bond acceptors (Lipinski definition) is 3. The summed E-state index contributed by atoms with van der Waals surface area (Å²) in [5.74, 6) is -0.240. The van der Waals surface area contributed by atoms with Crippen LogP contribution in [-0.2, 0) is 6.54 Å². The number of nitrogens with zero attached hydrogens (tertiary/aromatic N) is 2. The van der Waals surface area contributed by atoms with E-state index < -0.39 is 5.69 Å². The second-order valence-electron chi connectivity index (χ2n) is 5.95. The van der Waals surface area contributed by atoms with E-state index in [9.17, 15) is 9.59 Å². The number of benzene rings is 2. The van der Waals surface area contributed by atoms with Gasteiger partial charge in [-0.3, -0.25) is 4.79 Å². The van der Waals surface area contributed by atoms with Crippen LogP contribution in [0.25, 0.3) is 10.9 Å². The molecule has 0 bridgehead atoms. The summed E-state index contributed by atoms with van der Waals surface area (Å²) >= 11 is 0. The molecule has 24 heavy (non-hydrogen) atoms. The van der Waals surface area contributed by atoms with Crippen LogP contribution in [0.3, 0.4) is 0 Å². The zero-order chi connectivity index (χ0) is 17.1. The van der Waals surface area contributed by atoms with Gasteiger partial charge in [0.2, 0.25) is 0 Å². The number of nitrogens with one attached hydrogen (secondary N) is 1. The molecule has 0 aliphatic carbocycles. The predicted octanol–water partition coefficient (Wildman–Crippen LogP) is 2.97. The minimum Gasteiger partial charge on any atom is -0.331 e. The van der Waals surface area contributed by atoms with Crippen molar-refractivity contribution < 1.29 is 4.79 Å². The third-order valence-corrected chi connectivity index (χ3v) is 3.92. The average molecular weight is 321 g/mol. The molecule has 0 saturated heterocycles. The first-order valence-electron chi connectivity index (χ1n) is 7.90. The lowest BCUT2D eigenvalue weighted by Gasteiger charge is -2.27. The van der Waals surface area contributed by atoms with Crippen LogP contribution in [-0.4, -0.2) is 26.8 Å². The molecule has 0 aliphatic rings. The van der Waals surface area contributed by atoms with E-state index in [0.717, 1.165) is 5.56 Å². The number of carbonyl (C=O) groups is 1. The number of H-pyrrole nitrogens is 1. The highest BCUT2D eigenvalue weighted by Gasteiger charge is 2.23. The number of amides is 1. The molecule has 0 aliphatic heterocycles. The van der Waals surface area contributed by atoms with Crippen LogP contribution < -0.4 is 5.69 Å². The van der Waals surface area contributed by atoms with Gasteiger partial charge in [0.25, 0.3) is 5.91 Å². The molecule has 122 valence electrons. The lowest BCUT2D eigenvalue weighted by atomic mass is 10.1. The van der Waals surface area contributed by atoms with E-state index in [1.54, 1.807) is 17.0 Å². The van der Waals surface area contributed by atoms with Crippen molar-refractivity contribution in [2.75, 3.05) is 0 Å². The Morgan fingerprint density at radius 2 is 1.75 bits per heavy atom. The molecule has 0 radical (unpaired) electrons. The monoisotopic (exact) mass is 321 g/mol. The van der Waals surface area contributed by atoms with Gasteiger partial charge in [0, 0.05) is 18.0 Å². The molecule has 0 spiro atoms. The van der Waals surface area contributed by atoms with Gasteiger partial charge >= 0.3 is 5.69 Å². The number of para-hydroxylation sites is 1. The molecule has 1 aromatic heterocycles. The lowest BCUT2D eigenvalue weighted by Crippen LogP contribution is -2.38. The fourth-order valence-corrected chi connectivity index (χ4v) is 2.67. The smallest absolute Gasteiger partial charge is 0.331 e. The van der Waals surface area contributed by atoms with Gasteiger partial charge in [-0.1, -0.05) is 48.5 Å². The Morgan fingerprint density at radius 3 is 2.46 bits per heavy atom. The van der Waals surface area contributed by atoms with E-state index in [-0.39, 0.29) is 17.6 Å². The Hall–Kier alpha value is -2.95. The van der Waals surface area contributed by atoms with Crippen molar-refractivity contribution in [1.82, 2.24) is 14.9 Å². The molecular formula is C19H19N3O2. The van der Waals surface area contributed by atoms with Crippen LogP contribution >= 0.6 is 0 Å². The van der Waals surface area contributed by atoms with E-state index >= 15 is 0 Å². The topological polar surface area (TPSA) is 66.1 Å². The summed E-state index contributed by atoms with van der Waals surface area (Å²) in [4.78, 5) is 33.2. The van der Waals surface area contributed by atoms with E-state index in [1.807, 2.05) is 56.3 Å². The quantitative estimate of drug-likeness (QED) is 0.803. The van der Waals surface area contributed by atoms with Gasteiger partial charge in [0.15, 0.2) is 0 Å². The summed E-state index contributed by atoms with van der Waals surface area (Å²) in [6.07, 6.45) is 0. The van der Waals surface area contributed by atoms with Crippen molar-refractivity contribution in [3.63, 3.8) is 0 Å². The maximum atomic E-state index is 13.1. The molecule has 0 fully saturated rings. The molecular weight excluding hydrogens is 302 g/mol. The maximum Gasteiger partial charge on any atom is 0.346 e. The fraction of sp³-hybridized carbons (Fsp3) is 0.211. The summed E-state index contributed by atoms with van der Waals surface area (Å²) in [5, 5.41) is 0.654. The van der Waals surface area contributed by atoms with Crippen molar-refractivity contribution in [1.29, 1.82) is 0 Å². The van der Waals surface area contributed by atoms with E-state index in [4.69, 9.17) is 0 Å². The zero-order valence-electron chi connectivity index (χ0n) is 13.7. The summed E-state index contributed by atoms with van der Waals surface area (Å²) in [5.41, 5.74) is 1.33. The summed E-state index contributed by atoms with van der Waals surface area (Å²) < 4.78 is 0. The van der Waals surface area contributed by atoms with Gasteiger partial charge in [-0.2, -0.15) is 4.98 Å². The third kappa shape index (κ3) is 3.20. The molecule has 0 atom stereocenters. The maximum absolute atomic E-state index is 13.1. The molecule has 3 rings (SSSR count). The number of aromatic nitrogens is 2. The number of aromatic amines is 1. The predicted molar refractivity (Wildman–Crippen MR) is 93.8 cm³/mol. The Labute approximate surface area is 140 Å². The van der Waals surface area contributed by atoms with Gasteiger partial charge in [-0.25, -0.2) is 4.79 Å². The Bertz CT molecular complexity index is 917. The van der Waals surface area contributed by atoms with Crippen molar-refractivity contribution >= 4 is 16.8 Å². The molecule has 3 aromatic rings. The first-order chi connectivity index (χ1) is 11.6. The molecule has 1 amide bonds. The highest BCUT2D eigenvalue weighted by atomic mass is 16.2. The van der Waals surface area contributed by atoms with Crippen LogP contribution in [0.1, 0.15) is 29.9 Å². The van der Waals surface area contributed by atoms with E-state index in [0.29, 0.717) is 17.4 Å². The molecule has 0 saturated carbocycles. The molecule has 5 nitrogen and oxygen atoms in total. The van der Waals surface area contributed by atoms with E-state index in [1.165, 1.54) is 0 Å². The van der Waals surface area contributed by atoms with Gasteiger partial charge in [0.1, 0.15) is 5.69 Å². The van der Waals surface area contributed by atoms with Crippen LogP contribution in [0.4, 0.5) is 0 Å². The summed E-state index contributed by atoms with van der Waals surface area (Å²) in [7, 11) is 0. The van der Waals surface area contributed by atoms with Crippen LogP contribution in [0.15, 0.2) is 59.4 Å². The minimum atomic E-state index is -0.513. The highest BCUT2D eigenvalue weighted by Crippen LogP contribution is 2.18. The molecule has 0 unspecified atom stereocenters. The number of rotatable bonds is 4. The van der Waals surface area contributed by atoms with Gasteiger partial charge < -0.3 is 9.88 Å². The highest BCUT2D eigenvalue weighted by molar-refractivity contribution is 6.04. The van der Waals surface area contributed by atoms with Gasteiger partial charge in [-0.05, 0) is 25.5 Å². The fourth-order valence-electron chi connectivity index (χ4n) is 2.67. The van der Waals surface area contributed by atoms with Crippen molar-refractivity contribution in [2.45, 2.75) is 26.4 Å². The average Bonchev–Trinajstić information content (AvgIpc) is 2.59. The van der Waals surface area contributed by atoms with E-state index in [2.05, 4.69) is 9.97 Å². The van der Waals surface area contributed by atoms with Crippen LogP contribution in [0, 0.1) is 0 Å². The normalized spacial score (nSPS) is 11.0. The number of carbonyl (C=O) groups excluding carboxylic acids is 1. The SMILES string of the molecule is CC(C)N(Cc1ccccc1)C(=O)c1nc(=O)[nH]c2ccccc12. The minimum absolute atomic E-state index is 0.0162. The van der Waals surface area contributed by atoms with Crippen LogP contribution in [0.2, 0.25) is 0 Å². The van der Waals surface area contributed by atoms with Crippen LogP contribution in [0.5, 0.6) is 0 Å². The zero-order valence-corrected chi connectivity index (χ0v) is 13.7. The summed E-state index contributed by atoms with van der Waals surface area (Å²) in [6, 6.07) is 17.0. The molecule has 1 N–H and O–H groups in total. The number of fused-ring (bicyclic) bond motifs is 1. The Morgan fingerprint density at radius 1 is 1.08 bits per heavy atom. The molecule has 2 aromatic carbocycles. The summed E-state index contributed by atoms with van der Waals surface area (Å²) in [6.45, 7) is 4.38. The van der Waals surface area contributed by atoms with Gasteiger partial charge in [0.05, 0.1) is 5.52 Å². The lowest BCUT2D eigenvalue weighted by molar-refractivity contribution is 0.0686. The number of hydrogen-bond donors (Lipinski definition) is 1. The molecule has 1 heterocycles. The van der Waals surface area contributed by atoms with Crippen molar-refractivity contribution in [3.8, 4) is 0 Å². The van der Waals surface area contributed by atoms with Crippen molar-refractivity contribution in [2.24, 2.45) is 0 Å². The third-order valence-electron chi connectivity index (χ3n) is 3.92.